The molecule has 33 heavy (non-hydrogen) atoms. The van der Waals surface area contributed by atoms with Crippen LogP contribution in [0.15, 0.2) is 53.1 Å². The summed E-state index contributed by atoms with van der Waals surface area (Å²) in [5.74, 6) is -0.266. The summed E-state index contributed by atoms with van der Waals surface area (Å²) >= 11 is 0. The molecule has 0 unspecified atom stereocenters. The molecule has 2 N–H and O–H groups in total. The molecule has 2 saturated heterocycles. The van der Waals surface area contributed by atoms with E-state index in [1.165, 1.54) is 6.26 Å². The lowest BCUT2D eigenvalue weighted by atomic mass is 9.86. The van der Waals surface area contributed by atoms with Crippen molar-refractivity contribution in [3.05, 3.63) is 60.1 Å². The Morgan fingerprint density at radius 2 is 1.67 bits per heavy atom. The van der Waals surface area contributed by atoms with Crippen LogP contribution < -0.4 is 10.6 Å². The van der Waals surface area contributed by atoms with Gasteiger partial charge in [0.1, 0.15) is 12.1 Å². The fourth-order valence-corrected chi connectivity index (χ4v) is 4.36. The first kappa shape index (κ1) is 23.0. The second-order valence-electron chi connectivity index (χ2n) is 8.42. The Labute approximate surface area is 193 Å². The number of furan rings is 1. The van der Waals surface area contributed by atoms with Gasteiger partial charge < -0.3 is 29.6 Å². The Kier molecular flexibility index (Phi) is 7.41. The minimum absolute atomic E-state index is 0.0921. The van der Waals surface area contributed by atoms with Crippen LogP contribution in [0.2, 0.25) is 0 Å². The largest absolute Gasteiger partial charge is 0.459 e. The molecule has 0 spiro atoms. The fourth-order valence-electron chi connectivity index (χ4n) is 4.36. The van der Waals surface area contributed by atoms with Crippen LogP contribution in [0.4, 0.5) is 0 Å². The molecule has 9 nitrogen and oxygen atoms in total. The first-order chi connectivity index (χ1) is 16.1. The number of carbonyl (C=O) groups excluding carboxylic acids is 3. The van der Waals surface area contributed by atoms with Gasteiger partial charge in [0.05, 0.1) is 12.9 Å². The van der Waals surface area contributed by atoms with E-state index in [1.807, 2.05) is 30.3 Å². The zero-order valence-corrected chi connectivity index (χ0v) is 18.6. The highest BCUT2D eigenvalue weighted by molar-refractivity contribution is 5.93. The first-order valence-corrected chi connectivity index (χ1v) is 11.3. The number of ether oxygens (including phenoxy) is 1. The Morgan fingerprint density at radius 3 is 2.33 bits per heavy atom. The topological polar surface area (TPSA) is 104 Å². The van der Waals surface area contributed by atoms with Crippen LogP contribution in [0.3, 0.4) is 0 Å². The van der Waals surface area contributed by atoms with E-state index in [-0.39, 0.29) is 24.3 Å². The van der Waals surface area contributed by atoms with Gasteiger partial charge in [-0.15, -0.1) is 0 Å². The van der Waals surface area contributed by atoms with E-state index in [9.17, 15) is 14.4 Å². The van der Waals surface area contributed by atoms with E-state index in [4.69, 9.17) is 9.15 Å². The molecule has 2 fully saturated rings. The zero-order chi connectivity index (χ0) is 23.1. The summed E-state index contributed by atoms with van der Waals surface area (Å²) < 4.78 is 10.8. The monoisotopic (exact) mass is 454 g/mol. The van der Waals surface area contributed by atoms with E-state index in [1.54, 1.807) is 21.9 Å². The molecular weight excluding hydrogens is 424 g/mol. The summed E-state index contributed by atoms with van der Waals surface area (Å²) in [7, 11) is 0. The van der Waals surface area contributed by atoms with Crippen LogP contribution in [0.5, 0.6) is 0 Å². The van der Waals surface area contributed by atoms with Crippen LogP contribution in [-0.2, 0) is 20.9 Å². The molecule has 0 atom stereocenters. The normalized spacial score (nSPS) is 18.1. The number of hydrogen-bond donors (Lipinski definition) is 2. The number of piperazine rings is 1. The van der Waals surface area contributed by atoms with Gasteiger partial charge in [-0.3, -0.25) is 14.4 Å². The van der Waals surface area contributed by atoms with E-state index >= 15 is 0 Å². The average Bonchev–Trinajstić information content (AvgIpc) is 3.39. The van der Waals surface area contributed by atoms with Crippen molar-refractivity contribution in [3.63, 3.8) is 0 Å². The van der Waals surface area contributed by atoms with Gasteiger partial charge in [-0.25, -0.2) is 0 Å². The Hall–Kier alpha value is -3.17. The molecule has 1 aromatic heterocycles. The molecule has 1 aromatic carbocycles. The lowest BCUT2D eigenvalue weighted by molar-refractivity contribution is -0.145. The van der Waals surface area contributed by atoms with Gasteiger partial charge in [-0.1, -0.05) is 30.3 Å². The second-order valence-corrected chi connectivity index (χ2v) is 8.42. The van der Waals surface area contributed by atoms with Gasteiger partial charge in [0.2, 0.25) is 11.8 Å². The molecule has 2 aromatic rings. The van der Waals surface area contributed by atoms with Crippen molar-refractivity contribution in [2.45, 2.75) is 25.0 Å². The van der Waals surface area contributed by atoms with Crippen molar-refractivity contribution in [1.29, 1.82) is 0 Å². The summed E-state index contributed by atoms with van der Waals surface area (Å²) in [6.07, 6.45) is 2.50. The van der Waals surface area contributed by atoms with Crippen LogP contribution in [0.1, 0.15) is 29.0 Å². The van der Waals surface area contributed by atoms with Crippen molar-refractivity contribution in [3.8, 4) is 0 Å². The van der Waals surface area contributed by atoms with Gasteiger partial charge >= 0.3 is 0 Å². The maximum atomic E-state index is 13.5. The van der Waals surface area contributed by atoms with Crippen molar-refractivity contribution >= 4 is 17.7 Å². The van der Waals surface area contributed by atoms with Gasteiger partial charge in [-0.2, -0.15) is 0 Å². The first-order valence-electron chi connectivity index (χ1n) is 11.3. The molecule has 0 radical (unpaired) electrons. The van der Waals surface area contributed by atoms with Gasteiger partial charge in [0.25, 0.3) is 5.91 Å². The standard InChI is InChI=1S/C24H30N4O5/c29-21(18-32-17-19-5-2-1-3-6-19)26-24(8-10-25-11-9-24)23(31)28-14-12-27(13-15-28)22(30)20-7-4-16-33-20/h1-7,16,25H,8-15,17-18H2,(H,26,29). The van der Waals surface area contributed by atoms with Crippen molar-refractivity contribution in [2.75, 3.05) is 45.9 Å². The molecule has 2 aliphatic rings. The highest BCUT2D eigenvalue weighted by atomic mass is 16.5. The molecule has 176 valence electrons. The summed E-state index contributed by atoms with van der Waals surface area (Å²) in [6.45, 7) is 3.20. The van der Waals surface area contributed by atoms with Gasteiger partial charge in [-0.05, 0) is 43.6 Å². The summed E-state index contributed by atoms with van der Waals surface area (Å²) in [4.78, 5) is 42.1. The molecule has 0 aliphatic carbocycles. The zero-order valence-electron chi connectivity index (χ0n) is 18.6. The number of nitrogens with zero attached hydrogens (tertiary/aromatic N) is 2. The van der Waals surface area contributed by atoms with Gasteiger partial charge in [0, 0.05) is 26.2 Å². The number of carbonyl (C=O) groups is 3. The Balaban J connectivity index is 1.32. The number of nitrogens with one attached hydrogen (secondary N) is 2. The summed E-state index contributed by atoms with van der Waals surface area (Å²) in [6, 6.07) is 13.0. The van der Waals surface area contributed by atoms with Crippen molar-refractivity contribution < 1.29 is 23.5 Å². The number of hydrogen-bond acceptors (Lipinski definition) is 6. The Morgan fingerprint density at radius 1 is 0.970 bits per heavy atom. The van der Waals surface area contributed by atoms with E-state index in [0.717, 1.165) is 5.56 Å². The third kappa shape index (κ3) is 5.61. The third-order valence-electron chi connectivity index (χ3n) is 6.18. The van der Waals surface area contributed by atoms with Crippen LogP contribution in [0.25, 0.3) is 0 Å². The Bertz CT molecular complexity index is 933. The molecule has 4 rings (SSSR count). The minimum atomic E-state index is -0.953. The van der Waals surface area contributed by atoms with Crippen LogP contribution in [0, 0.1) is 0 Å². The summed E-state index contributed by atoms with van der Waals surface area (Å²) in [5.41, 5.74) is 0.0333. The number of benzene rings is 1. The molecule has 2 aliphatic heterocycles. The van der Waals surface area contributed by atoms with E-state index in [0.29, 0.717) is 64.5 Å². The van der Waals surface area contributed by atoms with Crippen LogP contribution >= 0.6 is 0 Å². The van der Waals surface area contributed by atoms with Crippen molar-refractivity contribution in [1.82, 2.24) is 20.4 Å². The SMILES string of the molecule is O=C(COCc1ccccc1)NC1(C(=O)N2CCN(C(=O)c3ccco3)CC2)CCNCC1. The third-order valence-corrected chi connectivity index (χ3v) is 6.18. The lowest BCUT2D eigenvalue weighted by Gasteiger charge is -2.43. The molecule has 9 heteroatoms. The van der Waals surface area contributed by atoms with E-state index in [2.05, 4.69) is 10.6 Å². The van der Waals surface area contributed by atoms with E-state index < -0.39 is 5.54 Å². The number of amides is 3. The molecule has 0 saturated carbocycles. The number of rotatable bonds is 7. The average molecular weight is 455 g/mol. The summed E-state index contributed by atoms with van der Waals surface area (Å²) in [5, 5.41) is 6.24. The quantitative estimate of drug-likeness (QED) is 0.648. The molecule has 0 bridgehead atoms. The van der Waals surface area contributed by atoms with Crippen molar-refractivity contribution in [2.24, 2.45) is 0 Å². The molecule has 3 heterocycles. The molecular formula is C24H30N4O5. The maximum absolute atomic E-state index is 13.5. The predicted molar refractivity (Wildman–Crippen MR) is 120 cm³/mol. The lowest BCUT2D eigenvalue weighted by Crippen LogP contribution is -2.66. The second kappa shape index (κ2) is 10.6. The number of piperidine rings is 1. The fraction of sp³-hybridized carbons (Fsp3) is 0.458. The smallest absolute Gasteiger partial charge is 0.289 e. The molecule has 3 amide bonds. The highest BCUT2D eigenvalue weighted by Gasteiger charge is 2.44. The van der Waals surface area contributed by atoms with Gasteiger partial charge in [0.15, 0.2) is 5.76 Å². The minimum Gasteiger partial charge on any atom is -0.459 e. The maximum Gasteiger partial charge on any atom is 0.289 e. The highest BCUT2D eigenvalue weighted by Crippen LogP contribution is 2.23. The van der Waals surface area contributed by atoms with Crippen LogP contribution in [-0.4, -0.2) is 78.9 Å². The predicted octanol–water partition coefficient (Wildman–Crippen LogP) is 1.02.